The number of hydrogen-bond donors (Lipinski definition) is 1. The van der Waals surface area contributed by atoms with Gasteiger partial charge in [-0.2, -0.15) is 13.2 Å². The first kappa shape index (κ1) is 23.2. The van der Waals surface area contributed by atoms with Gasteiger partial charge < -0.3 is 14.8 Å². The number of benzene rings is 1. The van der Waals surface area contributed by atoms with Crippen LogP contribution in [0.5, 0.6) is 0 Å². The normalized spacial score (nSPS) is 20.7. The van der Waals surface area contributed by atoms with Crippen molar-refractivity contribution in [3.05, 3.63) is 59.4 Å². The molecule has 3 rings (SSSR count). The van der Waals surface area contributed by atoms with E-state index in [9.17, 15) is 13.2 Å². The summed E-state index contributed by atoms with van der Waals surface area (Å²) in [5, 5.41) is 3.49. The number of aromatic nitrogens is 1. The number of nitrogens with zero attached hydrogens (tertiary/aromatic N) is 4. The van der Waals surface area contributed by atoms with Crippen molar-refractivity contribution in [2.24, 2.45) is 18.0 Å². The van der Waals surface area contributed by atoms with Crippen LogP contribution in [0, 0.1) is 5.92 Å². The Morgan fingerprint density at radius 2 is 1.90 bits per heavy atom. The molecule has 0 aliphatic carbocycles. The van der Waals surface area contributed by atoms with E-state index < -0.39 is 11.7 Å². The number of nitrogens with one attached hydrogen (secondary N) is 1. The fourth-order valence-electron chi connectivity index (χ4n) is 4.46. The molecule has 2 unspecified atom stereocenters. The molecule has 170 valence electrons. The molecular weight excluding hydrogens is 403 g/mol. The second-order valence-electron chi connectivity index (χ2n) is 8.34. The second kappa shape index (κ2) is 9.77. The Hall–Kier alpha value is -2.48. The van der Waals surface area contributed by atoms with Gasteiger partial charge in [0.1, 0.15) is 0 Å². The third-order valence-corrected chi connectivity index (χ3v) is 6.13. The molecule has 0 saturated carbocycles. The molecule has 1 N–H and O–H groups in total. The summed E-state index contributed by atoms with van der Waals surface area (Å²) < 4.78 is 41.0. The van der Waals surface area contributed by atoms with Crippen molar-refractivity contribution in [2.75, 3.05) is 34.2 Å². The summed E-state index contributed by atoms with van der Waals surface area (Å²) in [5.41, 5.74) is 1.51. The third-order valence-electron chi connectivity index (χ3n) is 6.13. The SMILES string of the molecule is CN=C(NCC1CCCN(C)C1c1ccc(C(F)(F)F)cc1)N(C)Cc1cccn1C. The summed E-state index contributed by atoms with van der Waals surface area (Å²) in [6.07, 6.45) is -0.210. The zero-order valence-electron chi connectivity index (χ0n) is 18.7. The van der Waals surface area contributed by atoms with E-state index >= 15 is 0 Å². The van der Waals surface area contributed by atoms with Crippen LogP contribution in [0.25, 0.3) is 0 Å². The lowest BCUT2D eigenvalue weighted by Gasteiger charge is -2.40. The van der Waals surface area contributed by atoms with Crippen LogP contribution < -0.4 is 5.32 Å². The van der Waals surface area contributed by atoms with Crippen molar-refractivity contribution >= 4 is 5.96 Å². The Balaban J connectivity index is 1.68. The maximum absolute atomic E-state index is 13.0. The number of halogens is 3. The zero-order chi connectivity index (χ0) is 22.6. The van der Waals surface area contributed by atoms with Crippen molar-refractivity contribution in [3.8, 4) is 0 Å². The van der Waals surface area contributed by atoms with Gasteiger partial charge in [0.25, 0.3) is 0 Å². The van der Waals surface area contributed by atoms with E-state index in [0.717, 1.165) is 37.5 Å². The van der Waals surface area contributed by atoms with Crippen molar-refractivity contribution in [2.45, 2.75) is 31.6 Å². The molecule has 1 aliphatic heterocycles. The van der Waals surface area contributed by atoms with E-state index in [1.807, 2.05) is 33.4 Å². The first-order chi connectivity index (χ1) is 14.7. The standard InChI is InChI=1S/C23H32F3N5/c1-27-22(31(4)16-20-8-6-13-29(20)2)28-15-18-7-5-14-30(3)21(18)17-9-11-19(12-10-17)23(24,25)26/h6,8-13,18,21H,5,7,14-16H2,1-4H3,(H,27,28). The lowest BCUT2D eigenvalue weighted by atomic mass is 9.84. The number of aliphatic imine (C=N–C) groups is 1. The zero-order valence-corrected chi connectivity index (χ0v) is 18.7. The fraction of sp³-hybridized carbons (Fsp3) is 0.522. The largest absolute Gasteiger partial charge is 0.416 e. The number of piperidine rings is 1. The highest BCUT2D eigenvalue weighted by atomic mass is 19.4. The molecule has 1 saturated heterocycles. The van der Waals surface area contributed by atoms with Crippen molar-refractivity contribution in [1.29, 1.82) is 0 Å². The lowest BCUT2D eigenvalue weighted by molar-refractivity contribution is -0.137. The van der Waals surface area contributed by atoms with Crippen LogP contribution in [0.4, 0.5) is 13.2 Å². The minimum atomic E-state index is -4.31. The molecular formula is C23H32F3N5. The van der Waals surface area contributed by atoms with E-state index in [2.05, 4.69) is 30.7 Å². The predicted octanol–water partition coefficient (Wildman–Crippen LogP) is 4.13. The summed E-state index contributed by atoms with van der Waals surface area (Å²) in [5.74, 6) is 1.08. The summed E-state index contributed by atoms with van der Waals surface area (Å²) in [6, 6.07) is 9.80. The maximum Gasteiger partial charge on any atom is 0.416 e. The number of alkyl halides is 3. The highest BCUT2D eigenvalue weighted by molar-refractivity contribution is 5.79. The number of likely N-dealkylation sites (tertiary alicyclic amines) is 1. The Labute approximate surface area is 182 Å². The van der Waals surface area contributed by atoms with E-state index in [-0.39, 0.29) is 12.0 Å². The van der Waals surface area contributed by atoms with Gasteiger partial charge in [0.05, 0.1) is 12.1 Å². The minimum Gasteiger partial charge on any atom is -0.356 e. The van der Waals surface area contributed by atoms with Gasteiger partial charge in [0, 0.05) is 45.6 Å². The van der Waals surface area contributed by atoms with Crippen LogP contribution in [0.3, 0.4) is 0 Å². The Morgan fingerprint density at radius 1 is 1.19 bits per heavy atom. The van der Waals surface area contributed by atoms with E-state index in [4.69, 9.17) is 0 Å². The van der Waals surface area contributed by atoms with Gasteiger partial charge in [-0.3, -0.25) is 9.89 Å². The van der Waals surface area contributed by atoms with Gasteiger partial charge in [-0.1, -0.05) is 12.1 Å². The quantitative estimate of drug-likeness (QED) is 0.567. The highest BCUT2D eigenvalue weighted by Gasteiger charge is 2.33. The number of hydrogen-bond acceptors (Lipinski definition) is 2. The molecule has 0 bridgehead atoms. The first-order valence-corrected chi connectivity index (χ1v) is 10.6. The molecule has 1 aromatic carbocycles. The maximum atomic E-state index is 13.0. The van der Waals surface area contributed by atoms with Crippen LogP contribution in [-0.4, -0.2) is 54.6 Å². The molecule has 1 fully saturated rings. The molecule has 1 aliphatic rings. The second-order valence-corrected chi connectivity index (χ2v) is 8.34. The highest BCUT2D eigenvalue weighted by Crippen LogP contribution is 2.36. The Morgan fingerprint density at radius 3 is 2.48 bits per heavy atom. The molecule has 5 nitrogen and oxygen atoms in total. The smallest absolute Gasteiger partial charge is 0.356 e. The molecule has 31 heavy (non-hydrogen) atoms. The number of aryl methyl sites for hydroxylation is 1. The molecule has 0 amide bonds. The molecule has 0 spiro atoms. The molecule has 1 aromatic heterocycles. The van der Waals surface area contributed by atoms with Crippen LogP contribution in [0.2, 0.25) is 0 Å². The number of guanidine groups is 1. The number of rotatable bonds is 5. The molecule has 0 radical (unpaired) electrons. The average molecular weight is 436 g/mol. The molecule has 2 aromatic rings. The van der Waals surface area contributed by atoms with Crippen molar-refractivity contribution in [3.63, 3.8) is 0 Å². The average Bonchev–Trinajstić information content (AvgIpc) is 3.12. The Kier molecular flexibility index (Phi) is 7.30. The monoisotopic (exact) mass is 435 g/mol. The van der Waals surface area contributed by atoms with Crippen molar-refractivity contribution in [1.82, 2.24) is 19.7 Å². The summed E-state index contributed by atoms with van der Waals surface area (Å²) in [6.45, 7) is 2.38. The fourth-order valence-corrected chi connectivity index (χ4v) is 4.46. The van der Waals surface area contributed by atoms with Gasteiger partial charge in [0.2, 0.25) is 0 Å². The van der Waals surface area contributed by atoms with Gasteiger partial charge >= 0.3 is 6.18 Å². The van der Waals surface area contributed by atoms with Crippen molar-refractivity contribution < 1.29 is 13.2 Å². The summed E-state index contributed by atoms with van der Waals surface area (Å²) in [7, 11) is 7.84. The topological polar surface area (TPSA) is 35.8 Å². The van der Waals surface area contributed by atoms with Gasteiger partial charge in [-0.05, 0) is 62.2 Å². The minimum absolute atomic E-state index is 0.0693. The molecule has 2 heterocycles. The van der Waals surface area contributed by atoms with E-state index in [1.165, 1.54) is 17.8 Å². The Bertz CT molecular complexity index is 872. The van der Waals surface area contributed by atoms with E-state index in [1.54, 1.807) is 19.2 Å². The lowest BCUT2D eigenvalue weighted by Crippen LogP contribution is -2.45. The van der Waals surface area contributed by atoms with Gasteiger partial charge in [0.15, 0.2) is 5.96 Å². The van der Waals surface area contributed by atoms with Gasteiger partial charge in [-0.15, -0.1) is 0 Å². The first-order valence-electron chi connectivity index (χ1n) is 10.6. The predicted molar refractivity (Wildman–Crippen MR) is 118 cm³/mol. The van der Waals surface area contributed by atoms with Crippen LogP contribution in [0.15, 0.2) is 47.6 Å². The van der Waals surface area contributed by atoms with Crippen LogP contribution in [-0.2, 0) is 19.8 Å². The van der Waals surface area contributed by atoms with Gasteiger partial charge in [-0.25, -0.2) is 0 Å². The summed E-state index contributed by atoms with van der Waals surface area (Å²) >= 11 is 0. The van der Waals surface area contributed by atoms with Crippen LogP contribution >= 0.6 is 0 Å². The third kappa shape index (κ3) is 5.61. The summed E-state index contributed by atoms with van der Waals surface area (Å²) in [4.78, 5) is 8.74. The molecule has 8 heteroatoms. The van der Waals surface area contributed by atoms with Crippen LogP contribution in [0.1, 0.15) is 35.7 Å². The van der Waals surface area contributed by atoms with E-state index in [0.29, 0.717) is 6.54 Å². The molecule has 2 atom stereocenters.